The molecule has 4 heteroatoms. The minimum Gasteiger partial charge on any atom is -0.328 e. The number of aromatic nitrogens is 3. The Morgan fingerprint density at radius 2 is 2.11 bits per heavy atom. The fraction of sp³-hybridized carbons (Fsp3) is 0.429. The van der Waals surface area contributed by atoms with Gasteiger partial charge in [0, 0.05) is 11.9 Å². The number of fused-ring (bicyclic) bond motifs is 1. The van der Waals surface area contributed by atoms with E-state index >= 15 is 0 Å². The zero-order valence-corrected chi connectivity index (χ0v) is 11.2. The summed E-state index contributed by atoms with van der Waals surface area (Å²) in [5.41, 5.74) is 3.88. The van der Waals surface area contributed by atoms with Gasteiger partial charge in [-0.25, -0.2) is 9.97 Å². The molecule has 1 aliphatic rings. The van der Waals surface area contributed by atoms with Gasteiger partial charge in [-0.3, -0.25) is 0 Å². The van der Waals surface area contributed by atoms with E-state index in [0.29, 0.717) is 5.15 Å². The summed E-state index contributed by atoms with van der Waals surface area (Å²) in [6.07, 6.45) is 6.67. The third kappa shape index (κ3) is 2.15. The summed E-state index contributed by atoms with van der Waals surface area (Å²) in [7, 11) is 0. The number of hydrogen-bond acceptors (Lipinski definition) is 2. The molecule has 0 amide bonds. The molecule has 2 heterocycles. The van der Waals surface area contributed by atoms with Gasteiger partial charge in [0.1, 0.15) is 11.0 Å². The molecule has 3 nitrogen and oxygen atoms in total. The van der Waals surface area contributed by atoms with Crippen LogP contribution in [0.25, 0.3) is 0 Å². The second-order valence-electron chi connectivity index (χ2n) is 4.83. The van der Waals surface area contributed by atoms with Crippen molar-refractivity contribution in [3.05, 3.63) is 46.3 Å². The van der Waals surface area contributed by atoms with Gasteiger partial charge in [-0.1, -0.05) is 17.7 Å². The zero-order chi connectivity index (χ0) is 12.5. The summed E-state index contributed by atoms with van der Waals surface area (Å²) in [5, 5.41) is 0.545. The lowest BCUT2D eigenvalue weighted by molar-refractivity contribution is 0.624. The van der Waals surface area contributed by atoms with E-state index < -0.39 is 0 Å². The van der Waals surface area contributed by atoms with E-state index in [1.807, 2.05) is 18.3 Å². The van der Waals surface area contributed by atoms with Crippen molar-refractivity contribution < 1.29 is 0 Å². The molecule has 0 bridgehead atoms. The van der Waals surface area contributed by atoms with Crippen LogP contribution in [0.1, 0.15) is 35.6 Å². The van der Waals surface area contributed by atoms with E-state index in [1.165, 1.54) is 29.8 Å². The van der Waals surface area contributed by atoms with Crippen LogP contribution in [0.3, 0.4) is 0 Å². The highest BCUT2D eigenvalue weighted by molar-refractivity contribution is 6.29. The molecular weight excluding hydrogens is 246 g/mol. The maximum absolute atomic E-state index is 5.81. The summed E-state index contributed by atoms with van der Waals surface area (Å²) in [6.45, 7) is 2.93. The lowest BCUT2D eigenvalue weighted by Gasteiger charge is -2.14. The second kappa shape index (κ2) is 4.73. The fourth-order valence-electron chi connectivity index (χ4n) is 2.63. The van der Waals surface area contributed by atoms with E-state index in [-0.39, 0.29) is 0 Å². The highest BCUT2D eigenvalue weighted by atomic mass is 35.5. The molecule has 0 saturated carbocycles. The van der Waals surface area contributed by atoms with Gasteiger partial charge in [0.2, 0.25) is 0 Å². The Morgan fingerprint density at radius 3 is 2.89 bits per heavy atom. The standard InChI is InChI=1S/C14H16ClN3/c1-10-17-12-4-2-3-5-13(12)18(10)9-11-6-7-14(15)16-8-11/h6-8H,2-5,9H2,1H3. The van der Waals surface area contributed by atoms with E-state index in [2.05, 4.69) is 21.5 Å². The van der Waals surface area contributed by atoms with Crippen LogP contribution in [-0.2, 0) is 19.4 Å². The number of nitrogens with zero attached hydrogens (tertiary/aromatic N) is 3. The van der Waals surface area contributed by atoms with Crippen molar-refractivity contribution in [1.29, 1.82) is 0 Å². The molecule has 18 heavy (non-hydrogen) atoms. The van der Waals surface area contributed by atoms with Gasteiger partial charge in [-0.15, -0.1) is 0 Å². The summed E-state index contributed by atoms with van der Waals surface area (Å²) < 4.78 is 2.32. The van der Waals surface area contributed by atoms with Crippen LogP contribution in [0.4, 0.5) is 0 Å². The molecule has 0 aromatic carbocycles. The Morgan fingerprint density at radius 1 is 1.28 bits per heavy atom. The van der Waals surface area contributed by atoms with Gasteiger partial charge in [0.05, 0.1) is 12.2 Å². The monoisotopic (exact) mass is 261 g/mol. The number of aryl methyl sites for hydroxylation is 2. The Kier molecular flexibility index (Phi) is 3.08. The molecule has 1 aliphatic carbocycles. The first-order valence-electron chi connectivity index (χ1n) is 6.39. The summed E-state index contributed by atoms with van der Waals surface area (Å²) >= 11 is 5.81. The quantitative estimate of drug-likeness (QED) is 0.778. The second-order valence-corrected chi connectivity index (χ2v) is 5.22. The predicted molar refractivity (Wildman–Crippen MR) is 72.0 cm³/mol. The maximum atomic E-state index is 5.81. The molecule has 2 aromatic heterocycles. The third-order valence-electron chi connectivity index (χ3n) is 3.55. The molecule has 3 rings (SSSR count). The molecule has 0 saturated heterocycles. The topological polar surface area (TPSA) is 30.7 Å². The molecule has 0 spiro atoms. The third-order valence-corrected chi connectivity index (χ3v) is 3.78. The van der Waals surface area contributed by atoms with Crippen LogP contribution in [0.5, 0.6) is 0 Å². The van der Waals surface area contributed by atoms with Crippen LogP contribution in [-0.4, -0.2) is 14.5 Å². The van der Waals surface area contributed by atoms with Gasteiger partial charge < -0.3 is 4.57 Å². The van der Waals surface area contributed by atoms with Gasteiger partial charge in [0.15, 0.2) is 0 Å². The van der Waals surface area contributed by atoms with Crippen molar-refractivity contribution in [2.75, 3.05) is 0 Å². The molecule has 0 N–H and O–H groups in total. The Bertz CT molecular complexity index is 557. The minimum absolute atomic E-state index is 0.545. The lowest BCUT2D eigenvalue weighted by atomic mass is 10.0. The first-order chi connectivity index (χ1) is 8.74. The van der Waals surface area contributed by atoms with Crippen molar-refractivity contribution in [1.82, 2.24) is 14.5 Å². The van der Waals surface area contributed by atoms with E-state index in [9.17, 15) is 0 Å². The van der Waals surface area contributed by atoms with Gasteiger partial charge in [-0.2, -0.15) is 0 Å². The molecule has 0 aliphatic heterocycles. The summed E-state index contributed by atoms with van der Waals surface area (Å²) in [4.78, 5) is 8.81. The van der Waals surface area contributed by atoms with Crippen LogP contribution < -0.4 is 0 Å². The Labute approximate surface area is 112 Å². The Balaban J connectivity index is 1.92. The van der Waals surface area contributed by atoms with Crippen LogP contribution >= 0.6 is 11.6 Å². The highest BCUT2D eigenvalue weighted by Gasteiger charge is 2.17. The average Bonchev–Trinajstić information content (AvgIpc) is 2.69. The predicted octanol–water partition coefficient (Wildman–Crippen LogP) is 3.17. The lowest BCUT2D eigenvalue weighted by Crippen LogP contribution is -2.10. The van der Waals surface area contributed by atoms with Gasteiger partial charge >= 0.3 is 0 Å². The molecule has 0 unspecified atom stereocenters. The van der Waals surface area contributed by atoms with Crippen molar-refractivity contribution in [3.8, 4) is 0 Å². The SMILES string of the molecule is Cc1nc2c(n1Cc1ccc(Cl)nc1)CCCC2. The van der Waals surface area contributed by atoms with E-state index in [4.69, 9.17) is 11.6 Å². The van der Waals surface area contributed by atoms with Crippen LogP contribution in [0.2, 0.25) is 5.15 Å². The van der Waals surface area contributed by atoms with Crippen LogP contribution in [0.15, 0.2) is 18.3 Å². The smallest absolute Gasteiger partial charge is 0.129 e. The molecule has 0 radical (unpaired) electrons. The van der Waals surface area contributed by atoms with Crippen molar-refractivity contribution in [3.63, 3.8) is 0 Å². The number of pyridine rings is 1. The van der Waals surface area contributed by atoms with Crippen molar-refractivity contribution >= 4 is 11.6 Å². The molecule has 94 valence electrons. The summed E-state index contributed by atoms with van der Waals surface area (Å²) in [5.74, 6) is 1.11. The van der Waals surface area contributed by atoms with Crippen molar-refractivity contribution in [2.24, 2.45) is 0 Å². The maximum Gasteiger partial charge on any atom is 0.129 e. The first-order valence-corrected chi connectivity index (χ1v) is 6.77. The molecule has 2 aromatic rings. The Hall–Kier alpha value is -1.35. The molecule has 0 fully saturated rings. The van der Waals surface area contributed by atoms with Gasteiger partial charge in [-0.05, 0) is 44.2 Å². The largest absolute Gasteiger partial charge is 0.328 e. The van der Waals surface area contributed by atoms with Gasteiger partial charge in [0.25, 0.3) is 0 Å². The van der Waals surface area contributed by atoms with Crippen LogP contribution in [0, 0.1) is 6.92 Å². The minimum atomic E-state index is 0.545. The molecular formula is C14H16ClN3. The first kappa shape index (κ1) is 11.7. The zero-order valence-electron chi connectivity index (χ0n) is 10.5. The average molecular weight is 262 g/mol. The number of halogens is 1. The number of imidazole rings is 1. The number of rotatable bonds is 2. The highest BCUT2D eigenvalue weighted by Crippen LogP contribution is 2.23. The normalized spacial score (nSPS) is 14.6. The number of hydrogen-bond donors (Lipinski definition) is 0. The van der Waals surface area contributed by atoms with E-state index in [0.717, 1.165) is 25.2 Å². The summed E-state index contributed by atoms with van der Waals surface area (Å²) in [6, 6.07) is 3.87. The molecule has 0 atom stereocenters. The fourth-order valence-corrected chi connectivity index (χ4v) is 2.74. The van der Waals surface area contributed by atoms with E-state index in [1.54, 1.807) is 0 Å². The van der Waals surface area contributed by atoms with Crippen molar-refractivity contribution in [2.45, 2.75) is 39.2 Å².